The van der Waals surface area contributed by atoms with E-state index in [1.807, 2.05) is 6.92 Å². The van der Waals surface area contributed by atoms with Gasteiger partial charge in [0.25, 0.3) is 0 Å². The van der Waals surface area contributed by atoms with Crippen LogP contribution in [0.5, 0.6) is 0 Å². The van der Waals surface area contributed by atoms with Crippen LogP contribution in [0, 0.1) is 0 Å². The molecule has 74 valence electrons. The Kier molecular flexibility index (Phi) is 3.42. The highest BCUT2D eigenvalue weighted by atomic mass is 16.3. The van der Waals surface area contributed by atoms with Crippen LogP contribution in [0.25, 0.3) is 0 Å². The molecule has 1 N–H and O–H groups in total. The van der Waals surface area contributed by atoms with Gasteiger partial charge in [-0.3, -0.25) is 14.5 Å². The van der Waals surface area contributed by atoms with Gasteiger partial charge in [0.1, 0.15) is 0 Å². The molecule has 0 spiro atoms. The number of hydrogen-bond donors (Lipinski definition) is 1. The van der Waals surface area contributed by atoms with Crippen molar-refractivity contribution in [3.05, 3.63) is 0 Å². The molecule has 1 heterocycles. The molecule has 1 aliphatic heterocycles. The zero-order chi connectivity index (χ0) is 9.84. The minimum atomic E-state index is -0.402. The summed E-state index contributed by atoms with van der Waals surface area (Å²) in [5, 5.41) is 9.24. The summed E-state index contributed by atoms with van der Waals surface area (Å²) in [4.78, 5) is 23.5. The Bertz CT molecular complexity index is 199. The molecule has 0 aromatic rings. The lowest BCUT2D eigenvalue weighted by Crippen LogP contribution is -2.31. The Labute approximate surface area is 77.5 Å². The van der Waals surface area contributed by atoms with E-state index in [0.717, 1.165) is 0 Å². The van der Waals surface area contributed by atoms with Gasteiger partial charge >= 0.3 is 0 Å². The molecule has 1 atom stereocenters. The molecule has 0 bridgehead atoms. The highest BCUT2D eigenvalue weighted by Gasteiger charge is 2.28. The molecular weight excluding hydrogens is 170 g/mol. The number of likely N-dealkylation sites (tertiary alicyclic amines) is 1. The summed E-state index contributed by atoms with van der Waals surface area (Å²) in [5.41, 5.74) is 0. The Hall–Kier alpha value is -0.900. The van der Waals surface area contributed by atoms with E-state index in [9.17, 15) is 14.7 Å². The number of imide groups is 1. The zero-order valence-electron chi connectivity index (χ0n) is 7.82. The minimum absolute atomic E-state index is 0.103. The van der Waals surface area contributed by atoms with Gasteiger partial charge < -0.3 is 5.11 Å². The molecule has 1 unspecified atom stereocenters. The van der Waals surface area contributed by atoms with Crippen LogP contribution in [0.15, 0.2) is 0 Å². The Morgan fingerprint density at radius 2 is 1.92 bits per heavy atom. The third-order valence-corrected chi connectivity index (χ3v) is 2.31. The number of nitrogens with zero attached hydrogens (tertiary/aromatic N) is 1. The maximum absolute atomic E-state index is 11.1. The molecule has 4 heteroatoms. The van der Waals surface area contributed by atoms with Crippen LogP contribution in [0.3, 0.4) is 0 Å². The Morgan fingerprint density at radius 1 is 1.38 bits per heavy atom. The van der Waals surface area contributed by atoms with E-state index in [1.54, 1.807) is 0 Å². The maximum atomic E-state index is 11.1. The van der Waals surface area contributed by atoms with Crippen LogP contribution in [-0.2, 0) is 9.59 Å². The van der Waals surface area contributed by atoms with Gasteiger partial charge in [0.2, 0.25) is 11.8 Å². The molecule has 1 saturated heterocycles. The van der Waals surface area contributed by atoms with Crippen LogP contribution in [0.1, 0.15) is 32.6 Å². The molecule has 1 rings (SSSR count). The van der Waals surface area contributed by atoms with Gasteiger partial charge in [0.15, 0.2) is 0 Å². The van der Waals surface area contributed by atoms with E-state index in [2.05, 4.69) is 0 Å². The standard InChI is InChI=1S/C9H15NO3/c1-2-7(11)5-6-10-8(12)3-4-9(10)13/h7,11H,2-6H2,1H3. The van der Waals surface area contributed by atoms with Crippen molar-refractivity contribution in [2.24, 2.45) is 0 Å². The van der Waals surface area contributed by atoms with Crippen LogP contribution < -0.4 is 0 Å². The first-order valence-electron chi connectivity index (χ1n) is 4.66. The van der Waals surface area contributed by atoms with E-state index in [0.29, 0.717) is 32.2 Å². The average Bonchev–Trinajstić information content (AvgIpc) is 2.43. The molecule has 1 fully saturated rings. The highest BCUT2D eigenvalue weighted by Crippen LogP contribution is 2.12. The lowest BCUT2D eigenvalue weighted by Gasteiger charge is -2.15. The monoisotopic (exact) mass is 185 g/mol. The third kappa shape index (κ3) is 2.52. The molecule has 13 heavy (non-hydrogen) atoms. The smallest absolute Gasteiger partial charge is 0.229 e. The van der Waals surface area contributed by atoms with Crippen molar-refractivity contribution >= 4 is 11.8 Å². The summed E-state index contributed by atoms with van der Waals surface area (Å²) in [6.07, 6.45) is 1.42. The molecule has 0 saturated carbocycles. The van der Waals surface area contributed by atoms with Gasteiger partial charge in [-0.05, 0) is 12.8 Å². The van der Waals surface area contributed by atoms with Crippen LogP contribution >= 0.6 is 0 Å². The fraction of sp³-hybridized carbons (Fsp3) is 0.778. The topological polar surface area (TPSA) is 57.6 Å². The van der Waals surface area contributed by atoms with Crippen molar-refractivity contribution in [1.82, 2.24) is 4.90 Å². The minimum Gasteiger partial charge on any atom is -0.393 e. The highest BCUT2D eigenvalue weighted by molar-refractivity contribution is 6.01. The van der Waals surface area contributed by atoms with E-state index < -0.39 is 6.10 Å². The van der Waals surface area contributed by atoms with Gasteiger partial charge in [-0.2, -0.15) is 0 Å². The first kappa shape index (κ1) is 10.2. The molecule has 0 aromatic carbocycles. The van der Waals surface area contributed by atoms with E-state index in [4.69, 9.17) is 0 Å². The second-order valence-corrected chi connectivity index (χ2v) is 3.29. The summed E-state index contributed by atoms with van der Waals surface area (Å²) in [7, 11) is 0. The van der Waals surface area contributed by atoms with Crippen molar-refractivity contribution in [1.29, 1.82) is 0 Å². The first-order valence-corrected chi connectivity index (χ1v) is 4.66. The fourth-order valence-electron chi connectivity index (χ4n) is 1.35. The third-order valence-electron chi connectivity index (χ3n) is 2.31. The molecule has 2 amide bonds. The molecular formula is C9H15NO3. The number of carbonyl (C=O) groups excluding carboxylic acids is 2. The lowest BCUT2D eigenvalue weighted by molar-refractivity contribution is -0.138. The summed E-state index contributed by atoms with van der Waals surface area (Å²) >= 11 is 0. The molecule has 0 radical (unpaired) electrons. The number of hydrogen-bond acceptors (Lipinski definition) is 3. The summed E-state index contributed by atoms with van der Waals surface area (Å²) in [5.74, 6) is -0.207. The number of aliphatic hydroxyl groups is 1. The van der Waals surface area contributed by atoms with Crippen molar-refractivity contribution in [2.45, 2.75) is 38.7 Å². The fourth-order valence-corrected chi connectivity index (χ4v) is 1.35. The lowest BCUT2D eigenvalue weighted by atomic mass is 10.2. The predicted octanol–water partition coefficient (Wildman–Crippen LogP) is 0.296. The van der Waals surface area contributed by atoms with Crippen molar-refractivity contribution < 1.29 is 14.7 Å². The van der Waals surface area contributed by atoms with Crippen LogP contribution in [0.4, 0.5) is 0 Å². The Balaban J connectivity index is 2.35. The number of carbonyl (C=O) groups is 2. The Morgan fingerprint density at radius 3 is 2.38 bits per heavy atom. The quantitative estimate of drug-likeness (QED) is 0.641. The van der Waals surface area contributed by atoms with Crippen LogP contribution in [-0.4, -0.2) is 34.5 Å². The zero-order valence-corrected chi connectivity index (χ0v) is 7.82. The van der Waals surface area contributed by atoms with Gasteiger partial charge in [-0.15, -0.1) is 0 Å². The molecule has 4 nitrogen and oxygen atoms in total. The van der Waals surface area contributed by atoms with E-state index >= 15 is 0 Å². The van der Waals surface area contributed by atoms with Gasteiger partial charge in [0, 0.05) is 19.4 Å². The van der Waals surface area contributed by atoms with Gasteiger partial charge in [-0.1, -0.05) is 6.92 Å². The normalized spacial score (nSPS) is 19.7. The average molecular weight is 185 g/mol. The van der Waals surface area contributed by atoms with E-state index in [-0.39, 0.29) is 11.8 Å². The number of aliphatic hydroxyl groups excluding tert-OH is 1. The molecule has 0 aromatic heterocycles. The SMILES string of the molecule is CCC(O)CCN1C(=O)CCC1=O. The van der Waals surface area contributed by atoms with Gasteiger partial charge in [-0.25, -0.2) is 0 Å². The predicted molar refractivity (Wildman–Crippen MR) is 46.9 cm³/mol. The van der Waals surface area contributed by atoms with Crippen LogP contribution in [0.2, 0.25) is 0 Å². The maximum Gasteiger partial charge on any atom is 0.229 e. The van der Waals surface area contributed by atoms with E-state index in [1.165, 1.54) is 4.90 Å². The van der Waals surface area contributed by atoms with Crippen molar-refractivity contribution in [2.75, 3.05) is 6.54 Å². The van der Waals surface area contributed by atoms with Gasteiger partial charge in [0.05, 0.1) is 6.10 Å². The van der Waals surface area contributed by atoms with Crippen molar-refractivity contribution in [3.8, 4) is 0 Å². The second-order valence-electron chi connectivity index (χ2n) is 3.29. The summed E-state index contributed by atoms with van der Waals surface area (Å²) in [6, 6.07) is 0. The number of rotatable bonds is 4. The molecule has 1 aliphatic rings. The largest absolute Gasteiger partial charge is 0.393 e. The molecule has 0 aliphatic carbocycles. The summed E-state index contributed by atoms with van der Waals surface area (Å²) < 4.78 is 0. The van der Waals surface area contributed by atoms with Crippen molar-refractivity contribution in [3.63, 3.8) is 0 Å². The number of amides is 2. The summed E-state index contributed by atoms with van der Waals surface area (Å²) in [6.45, 7) is 2.24. The first-order chi connectivity index (χ1) is 6.15. The second kappa shape index (κ2) is 4.37.